The molecule has 1 saturated heterocycles. The molecular formula is C17H26N5O9P. The summed E-state index contributed by atoms with van der Waals surface area (Å²) in [4.78, 5) is 40.2. The maximum atomic E-state index is 12.9. The summed E-state index contributed by atoms with van der Waals surface area (Å²) in [5, 5.41) is 3.65. The number of aromatic nitrogens is 2. The van der Waals surface area contributed by atoms with Crippen LogP contribution in [-0.2, 0) is 32.4 Å². The Morgan fingerprint density at radius 1 is 1.38 bits per heavy atom. The predicted octanol–water partition coefficient (Wildman–Crippen LogP) is 1.94. The fourth-order valence-corrected chi connectivity index (χ4v) is 4.06. The van der Waals surface area contributed by atoms with Crippen LogP contribution in [0.15, 0.2) is 20.9 Å². The molecule has 1 fully saturated rings. The number of ether oxygens (including phenoxy) is 2. The van der Waals surface area contributed by atoms with E-state index < -0.39 is 50.0 Å². The van der Waals surface area contributed by atoms with Crippen molar-refractivity contribution >= 4 is 13.8 Å². The average Bonchev–Trinajstić information content (AvgIpc) is 3.15. The Hall–Kier alpha value is -2.47. The number of aromatic amines is 1. The van der Waals surface area contributed by atoms with Crippen molar-refractivity contribution in [2.24, 2.45) is 5.11 Å². The number of phosphoric ester groups is 1. The molecule has 2 rings (SSSR count). The fourth-order valence-electron chi connectivity index (χ4n) is 2.84. The molecule has 1 N–H and O–H groups in total. The molecule has 0 radical (unpaired) electrons. The van der Waals surface area contributed by atoms with Gasteiger partial charge in [0.1, 0.15) is 6.23 Å². The van der Waals surface area contributed by atoms with Crippen LogP contribution in [0.2, 0.25) is 0 Å². The first kappa shape index (κ1) is 25.8. The largest absolute Gasteiger partial charge is 0.475 e. The molecule has 1 aliphatic rings. The van der Waals surface area contributed by atoms with Crippen LogP contribution in [0.5, 0.6) is 0 Å². The molecule has 2 heterocycles. The molecular weight excluding hydrogens is 449 g/mol. The first-order valence-corrected chi connectivity index (χ1v) is 11.4. The van der Waals surface area contributed by atoms with Crippen LogP contribution in [-0.4, -0.2) is 54.1 Å². The number of esters is 1. The summed E-state index contributed by atoms with van der Waals surface area (Å²) in [5.41, 5.74) is 7.94. The normalized spacial score (nSPS) is 22.2. The van der Waals surface area contributed by atoms with Gasteiger partial charge in [-0.2, -0.15) is 0 Å². The van der Waals surface area contributed by atoms with Gasteiger partial charge in [-0.3, -0.25) is 27.9 Å². The SMILES string of the molecule is CCCOP(=O)(OCC(=O)OCC)OC[C@H]1O[C@@H](n2cc(C)c(=O)[nH]c2=O)C[C@@H]1N=[N+]=[N-]. The molecule has 0 bridgehead atoms. The van der Waals surface area contributed by atoms with Gasteiger partial charge >= 0.3 is 19.5 Å². The van der Waals surface area contributed by atoms with E-state index in [0.717, 1.165) is 0 Å². The number of rotatable bonds is 12. The zero-order valence-corrected chi connectivity index (χ0v) is 18.9. The second-order valence-corrected chi connectivity index (χ2v) is 8.44. The molecule has 4 atom stereocenters. The van der Waals surface area contributed by atoms with Crippen molar-refractivity contribution < 1.29 is 32.4 Å². The highest BCUT2D eigenvalue weighted by molar-refractivity contribution is 7.48. The van der Waals surface area contributed by atoms with Crippen molar-refractivity contribution in [1.29, 1.82) is 0 Å². The second-order valence-electron chi connectivity index (χ2n) is 6.77. The topological polar surface area (TPSA) is 184 Å². The number of aryl methyl sites for hydroxylation is 1. The van der Waals surface area contributed by atoms with Crippen molar-refractivity contribution in [3.8, 4) is 0 Å². The summed E-state index contributed by atoms with van der Waals surface area (Å²) in [6.07, 6.45) is 0.180. The molecule has 1 aromatic rings. The van der Waals surface area contributed by atoms with Gasteiger partial charge in [-0.05, 0) is 25.8 Å². The van der Waals surface area contributed by atoms with E-state index >= 15 is 0 Å². The molecule has 178 valence electrons. The maximum absolute atomic E-state index is 12.9. The highest BCUT2D eigenvalue weighted by Crippen LogP contribution is 2.50. The van der Waals surface area contributed by atoms with Gasteiger partial charge in [0.2, 0.25) is 0 Å². The number of nitrogens with one attached hydrogen (secondary N) is 1. The summed E-state index contributed by atoms with van der Waals surface area (Å²) < 4.78 is 40.1. The number of H-pyrrole nitrogens is 1. The van der Waals surface area contributed by atoms with Crippen molar-refractivity contribution in [3.63, 3.8) is 0 Å². The number of nitrogens with zero attached hydrogens (tertiary/aromatic N) is 4. The van der Waals surface area contributed by atoms with Gasteiger partial charge in [0, 0.05) is 23.1 Å². The van der Waals surface area contributed by atoms with E-state index in [1.807, 2.05) is 0 Å². The van der Waals surface area contributed by atoms with E-state index in [4.69, 9.17) is 28.6 Å². The minimum atomic E-state index is -4.16. The Morgan fingerprint density at radius 2 is 2.12 bits per heavy atom. The Labute approximate surface area is 183 Å². The van der Waals surface area contributed by atoms with Gasteiger partial charge in [-0.15, -0.1) is 0 Å². The van der Waals surface area contributed by atoms with Gasteiger partial charge < -0.3 is 9.47 Å². The quantitative estimate of drug-likeness (QED) is 0.155. The minimum absolute atomic E-state index is 0.0417. The third kappa shape index (κ3) is 7.02. The summed E-state index contributed by atoms with van der Waals surface area (Å²) in [6, 6.07) is -0.770. The highest BCUT2D eigenvalue weighted by atomic mass is 31.2. The number of azide groups is 1. The zero-order valence-electron chi connectivity index (χ0n) is 18.0. The van der Waals surface area contributed by atoms with Gasteiger partial charge in [0.15, 0.2) is 6.61 Å². The lowest BCUT2D eigenvalue weighted by Crippen LogP contribution is -2.33. The smallest absolute Gasteiger partial charge is 0.464 e. The first-order chi connectivity index (χ1) is 15.2. The second kappa shape index (κ2) is 12.0. The third-order valence-electron chi connectivity index (χ3n) is 4.36. The average molecular weight is 475 g/mol. The molecule has 0 saturated carbocycles. The van der Waals surface area contributed by atoms with E-state index in [1.54, 1.807) is 13.8 Å². The van der Waals surface area contributed by atoms with Gasteiger partial charge in [-0.25, -0.2) is 14.2 Å². The van der Waals surface area contributed by atoms with Crippen LogP contribution in [0.3, 0.4) is 0 Å². The lowest BCUT2D eigenvalue weighted by atomic mass is 10.1. The molecule has 0 aromatic carbocycles. The standard InChI is InChI=1S/C17H26N5O9P/c1-4-6-28-32(26,30-10-15(23)27-5-2)29-9-13-12(20-21-18)7-14(31-13)22-8-11(3)16(24)19-17(22)25/h8,12-14H,4-7,9-10H2,1-3H3,(H,19,24,25)/t12-,13+,14+,32?/m0/s1. The molecule has 32 heavy (non-hydrogen) atoms. The van der Waals surface area contributed by atoms with Crippen LogP contribution in [0.25, 0.3) is 10.4 Å². The number of hydrogen-bond donors (Lipinski definition) is 1. The van der Waals surface area contributed by atoms with Crippen LogP contribution in [0.4, 0.5) is 0 Å². The Bertz CT molecular complexity index is 1000. The molecule has 14 nitrogen and oxygen atoms in total. The molecule has 15 heteroatoms. The van der Waals surface area contributed by atoms with Crippen LogP contribution in [0, 0.1) is 6.92 Å². The molecule has 0 amide bonds. The van der Waals surface area contributed by atoms with Crippen LogP contribution in [0.1, 0.15) is 38.5 Å². The van der Waals surface area contributed by atoms with Crippen molar-refractivity contribution in [1.82, 2.24) is 9.55 Å². The lowest BCUT2D eigenvalue weighted by molar-refractivity contribution is -0.146. The number of phosphoric acid groups is 1. The molecule has 1 aromatic heterocycles. The summed E-state index contributed by atoms with van der Waals surface area (Å²) in [6.45, 7) is 4.06. The first-order valence-electron chi connectivity index (χ1n) is 9.94. The third-order valence-corrected chi connectivity index (χ3v) is 5.77. The van der Waals surface area contributed by atoms with E-state index in [2.05, 4.69) is 15.0 Å². The fraction of sp³-hybridized carbons (Fsp3) is 0.706. The Kier molecular flexibility index (Phi) is 9.63. The van der Waals surface area contributed by atoms with Gasteiger partial charge in [0.25, 0.3) is 5.56 Å². The molecule has 0 aliphatic carbocycles. The van der Waals surface area contributed by atoms with Gasteiger partial charge in [0.05, 0.1) is 32.0 Å². The monoisotopic (exact) mass is 475 g/mol. The number of carbonyl (C=O) groups is 1. The summed E-state index contributed by atoms with van der Waals surface area (Å²) >= 11 is 0. The van der Waals surface area contributed by atoms with E-state index in [0.29, 0.717) is 6.42 Å². The zero-order chi connectivity index (χ0) is 23.7. The predicted molar refractivity (Wildman–Crippen MR) is 110 cm³/mol. The number of carbonyl (C=O) groups excluding carboxylic acids is 1. The van der Waals surface area contributed by atoms with Crippen molar-refractivity contribution in [2.75, 3.05) is 26.4 Å². The highest BCUT2D eigenvalue weighted by Gasteiger charge is 2.39. The summed E-state index contributed by atoms with van der Waals surface area (Å²) in [5.74, 6) is -0.742. The maximum Gasteiger partial charge on any atom is 0.475 e. The molecule has 1 aliphatic heterocycles. The van der Waals surface area contributed by atoms with Gasteiger partial charge in [-0.1, -0.05) is 12.0 Å². The van der Waals surface area contributed by atoms with E-state index in [-0.39, 0.29) is 31.8 Å². The Morgan fingerprint density at radius 3 is 2.78 bits per heavy atom. The molecule has 1 unspecified atom stereocenters. The van der Waals surface area contributed by atoms with Crippen LogP contribution >= 0.6 is 7.82 Å². The summed E-state index contributed by atoms with van der Waals surface area (Å²) in [7, 11) is -4.16. The van der Waals surface area contributed by atoms with Crippen LogP contribution < -0.4 is 11.2 Å². The Balaban J connectivity index is 2.13. The minimum Gasteiger partial charge on any atom is -0.464 e. The van der Waals surface area contributed by atoms with Crippen molar-refractivity contribution in [3.05, 3.63) is 43.0 Å². The lowest BCUT2D eigenvalue weighted by Gasteiger charge is -2.21. The van der Waals surface area contributed by atoms with Crippen molar-refractivity contribution in [2.45, 2.75) is 52.0 Å². The van der Waals surface area contributed by atoms with E-state index in [1.165, 1.54) is 17.7 Å². The molecule has 0 spiro atoms. The number of hydrogen-bond acceptors (Lipinski definition) is 10. The van der Waals surface area contributed by atoms with E-state index in [9.17, 15) is 18.9 Å².